The average molecular weight is 355 g/mol. The molecule has 118 valence electrons. The first kappa shape index (κ1) is 16.8. The van der Waals surface area contributed by atoms with Crippen LogP contribution in [0, 0.1) is 5.92 Å². The zero-order chi connectivity index (χ0) is 15.1. The van der Waals surface area contributed by atoms with E-state index in [2.05, 4.69) is 51.3 Å². The Morgan fingerprint density at radius 3 is 2.71 bits per heavy atom. The molecule has 0 unspecified atom stereocenters. The third-order valence-corrected chi connectivity index (χ3v) is 4.90. The zero-order valence-electron chi connectivity index (χ0n) is 13.2. The second-order valence-corrected chi connectivity index (χ2v) is 6.69. The molecule has 0 aromatic heterocycles. The van der Waals surface area contributed by atoms with Gasteiger partial charge in [-0.3, -0.25) is 0 Å². The molecule has 0 atom stereocenters. The van der Waals surface area contributed by atoms with E-state index in [4.69, 9.17) is 4.74 Å². The summed E-state index contributed by atoms with van der Waals surface area (Å²) in [6, 6.07) is 6.76. The van der Waals surface area contributed by atoms with Gasteiger partial charge in [-0.15, -0.1) is 0 Å². The minimum atomic E-state index is 0.729. The Kier molecular flexibility index (Phi) is 7.00. The summed E-state index contributed by atoms with van der Waals surface area (Å²) in [5.74, 6) is 0.729. The van der Waals surface area contributed by atoms with E-state index in [0.29, 0.717) is 0 Å². The van der Waals surface area contributed by atoms with E-state index in [-0.39, 0.29) is 0 Å². The Balaban J connectivity index is 1.91. The van der Waals surface area contributed by atoms with Gasteiger partial charge in [0, 0.05) is 43.5 Å². The lowest BCUT2D eigenvalue weighted by Gasteiger charge is -2.33. The van der Waals surface area contributed by atoms with Gasteiger partial charge in [-0.25, -0.2) is 0 Å². The first-order valence-electron chi connectivity index (χ1n) is 7.97. The Morgan fingerprint density at radius 1 is 1.33 bits per heavy atom. The molecule has 1 aliphatic heterocycles. The van der Waals surface area contributed by atoms with Crippen molar-refractivity contribution >= 4 is 21.6 Å². The Morgan fingerprint density at radius 2 is 2.10 bits per heavy atom. The molecule has 0 saturated carbocycles. The number of rotatable bonds is 7. The summed E-state index contributed by atoms with van der Waals surface area (Å²) in [6.07, 6.45) is 3.63. The molecule has 2 rings (SSSR count). The van der Waals surface area contributed by atoms with Crippen molar-refractivity contribution in [2.45, 2.75) is 32.7 Å². The van der Waals surface area contributed by atoms with Crippen LogP contribution in [0.25, 0.3) is 0 Å². The van der Waals surface area contributed by atoms with E-state index in [9.17, 15) is 0 Å². The number of nitrogens with one attached hydrogen (secondary N) is 1. The fourth-order valence-corrected chi connectivity index (χ4v) is 3.38. The lowest BCUT2D eigenvalue weighted by atomic mass is 9.97. The number of hydrogen-bond acceptors (Lipinski definition) is 3. The van der Waals surface area contributed by atoms with Crippen molar-refractivity contribution in [1.82, 2.24) is 5.32 Å². The van der Waals surface area contributed by atoms with Crippen molar-refractivity contribution in [3.05, 3.63) is 28.2 Å². The third kappa shape index (κ3) is 4.97. The highest BCUT2D eigenvalue weighted by Crippen LogP contribution is 2.28. The van der Waals surface area contributed by atoms with Gasteiger partial charge in [0.15, 0.2) is 0 Å². The van der Waals surface area contributed by atoms with Crippen LogP contribution in [0.4, 0.5) is 5.69 Å². The predicted molar refractivity (Wildman–Crippen MR) is 93.0 cm³/mol. The van der Waals surface area contributed by atoms with E-state index >= 15 is 0 Å². The van der Waals surface area contributed by atoms with Crippen LogP contribution >= 0.6 is 15.9 Å². The summed E-state index contributed by atoms with van der Waals surface area (Å²) in [5.41, 5.74) is 2.67. The second-order valence-electron chi connectivity index (χ2n) is 5.84. The van der Waals surface area contributed by atoms with Gasteiger partial charge >= 0.3 is 0 Å². The van der Waals surface area contributed by atoms with E-state index in [1.54, 1.807) is 7.11 Å². The number of hydrogen-bond donors (Lipinski definition) is 1. The van der Waals surface area contributed by atoms with Crippen LogP contribution in [0.5, 0.6) is 0 Å². The van der Waals surface area contributed by atoms with E-state index in [1.807, 2.05) is 0 Å². The maximum Gasteiger partial charge on any atom is 0.0491 e. The molecule has 1 aromatic carbocycles. The van der Waals surface area contributed by atoms with E-state index < -0.39 is 0 Å². The Labute approximate surface area is 137 Å². The number of ether oxygens (including phenoxy) is 1. The maximum atomic E-state index is 5.27. The summed E-state index contributed by atoms with van der Waals surface area (Å²) < 4.78 is 6.48. The Hall–Kier alpha value is -0.580. The molecule has 4 heteroatoms. The molecule has 1 saturated heterocycles. The fraction of sp³-hybridized carbons (Fsp3) is 0.647. The van der Waals surface area contributed by atoms with Gasteiger partial charge in [-0.05, 0) is 49.4 Å². The first-order valence-corrected chi connectivity index (χ1v) is 8.77. The smallest absolute Gasteiger partial charge is 0.0491 e. The van der Waals surface area contributed by atoms with E-state index in [1.165, 1.54) is 35.0 Å². The monoisotopic (exact) mass is 354 g/mol. The molecule has 0 spiro atoms. The number of nitrogens with zero attached hydrogens (tertiary/aromatic N) is 1. The lowest BCUT2D eigenvalue weighted by Crippen LogP contribution is -2.35. The van der Waals surface area contributed by atoms with Crippen molar-refractivity contribution in [3.63, 3.8) is 0 Å². The quantitative estimate of drug-likeness (QED) is 0.753. The minimum absolute atomic E-state index is 0.729. The minimum Gasteiger partial charge on any atom is -0.384 e. The molecule has 3 nitrogen and oxygen atoms in total. The van der Waals surface area contributed by atoms with Crippen molar-refractivity contribution < 1.29 is 4.74 Å². The second kappa shape index (κ2) is 8.76. The van der Waals surface area contributed by atoms with Crippen LogP contribution in [0.15, 0.2) is 22.7 Å². The van der Waals surface area contributed by atoms with Crippen molar-refractivity contribution in [2.75, 3.05) is 38.3 Å². The molecule has 21 heavy (non-hydrogen) atoms. The van der Waals surface area contributed by atoms with Crippen molar-refractivity contribution in [3.8, 4) is 0 Å². The fourth-order valence-electron chi connectivity index (χ4n) is 2.87. The molecule has 1 heterocycles. The van der Waals surface area contributed by atoms with Crippen LogP contribution in [-0.2, 0) is 11.3 Å². The maximum absolute atomic E-state index is 5.27. The van der Waals surface area contributed by atoms with Crippen LogP contribution < -0.4 is 10.2 Å². The topological polar surface area (TPSA) is 24.5 Å². The molecular formula is C17H27BrN2O. The largest absolute Gasteiger partial charge is 0.384 e. The van der Waals surface area contributed by atoms with Crippen LogP contribution in [0.2, 0.25) is 0 Å². The molecule has 1 fully saturated rings. The standard InChI is InChI=1S/C17H27BrN2O/c1-3-8-19-12-15-4-5-16(11-17(15)18)20-9-6-14(7-10-20)13-21-2/h4-5,11,14,19H,3,6-10,12-13H2,1-2H3. The highest BCUT2D eigenvalue weighted by molar-refractivity contribution is 9.10. The third-order valence-electron chi connectivity index (χ3n) is 4.16. The van der Waals surface area contributed by atoms with Gasteiger partial charge in [0.25, 0.3) is 0 Å². The van der Waals surface area contributed by atoms with Gasteiger partial charge in [-0.2, -0.15) is 0 Å². The summed E-state index contributed by atoms with van der Waals surface area (Å²) in [4.78, 5) is 2.49. The molecular weight excluding hydrogens is 328 g/mol. The SMILES string of the molecule is CCCNCc1ccc(N2CCC(COC)CC2)cc1Br. The highest BCUT2D eigenvalue weighted by Gasteiger charge is 2.19. The molecule has 0 amide bonds. The lowest BCUT2D eigenvalue weighted by molar-refractivity contribution is 0.139. The average Bonchev–Trinajstić information content (AvgIpc) is 2.50. The van der Waals surface area contributed by atoms with Crippen LogP contribution in [-0.4, -0.2) is 33.4 Å². The van der Waals surface area contributed by atoms with Gasteiger partial charge in [-0.1, -0.05) is 28.9 Å². The number of benzene rings is 1. The predicted octanol–water partition coefficient (Wildman–Crippen LogP) is 3.81. The van der Waals surface area contributed by atoms with Gasteiger partial charge in [0.1, 0.15) is 0 Å². The van der Waals surface area contributed by atoms with Crippen molar-refractivity contribution in [1.29, 1.82) is 0 Å². The molecule has 1 N–H and O–H groups in total. The summed E-state index contributed by atoms with van der Waals surface area (Å²) in [6.45, 7) is 7.37. The van der Waals surface area contributed by atoms with Crippen molar-refractivity contribution in [2.24, 2.45) is 5.92 Å². The van der Waals surface area contributed by atoms with Gasteiger partial charge < -0.3 is 15.0 Å². The number of anilines is 1. The number of methoxy groups -OCH3 is 1. The first-order chi connectivity index (χ1) is 10.2. The van der Waals surface area contributed by atoms with Gasteiger partial charge in [0.2, 0.25) is 0 Å². The van der Waals surface area contributed by atoms with Gasteiger partial charge in [0.05, 0.1) is 0 Å². The zero-order valence-corrected chi connectivity index (χ0v) is 14.8. The molecule has 0 radical (unpaired) electrons. The van der Waals surface area contributed by atoms with Crippen LogP contribution in [0.1, 0.15) is 31.7 Å². The molecule has 1 aliphatic rings. The normalized spacial score (nSPS) is 16.4. The highest BCUT2D eigenvalue weighted by atomic mass is 79.9. The van der Waals surface area contributed by atoms with Crippen LogP contribution in [0.3, 0.4) is 0 Å². The number of halogens is 1. The number of piperidine rings is 1. The molecule has 0 bridgehead atoms. The molecule has 1 aromatic rings. The van der Waals surface area contributed by atoms with E-state index in [0.717, 1.165) is 38.7 Å². The Bertz CT molecular complexity index is 431. The summed E-state index contributed by atoms with van der Waals surface area (Å²) in [7, 11) is 1.80. The summed E-state index contributed by atoms with van der Waals surface area (Å²) in [5, 5.41) is 3.45. The molecule has 0 aliphatic carbocycles. The summed E-state index contributed by atoms with van der Waals surface area (Å²) >= 11 is 3.72.